The molecule has 0 saturated carbocycles. The van der Waals surface area contributed by atoms with Gasteiger partial charge in [-0.15, -0.1) is 0 Å². The van der Waals surface area contributed by atoms with Gasteiger partial charge in [-0.25, -0.2) is 4.79 Å². The highest BCUT2D eigenvalue weighted by Crippen LogP contribution is 2.30. The number of amides is 1. The van der Waals surface area contributed by atoms with E-state index in [0.29, 0.717) is 23.7 Å². The van der Waals surface area contributed by atoms with Gasteiger partial charge in [-0.3, -0.25) is 4.79 Å². The molecule has 0 spiro atoms. The van der Waals surface area contributed by atoms with Gasteiger partial charge < -0.3 is 19.7 Å². The Bertz CT molecular complexity index is 1130. The summed E-state index contributed by atoms with van der Waals surface area (Å²) in [4.78, 5) is 23.9. The van der Waals surface area contributed by atoms with Crippen molar-refractivity contribution < 1.29 is 24.0 Å². The van der Waals surface area contributed by atoms with E-state index in [1.165, 1.54) is 24.3 Å². The molecular formula is C21H15N3O5. The number of carbonyl (C=O) groups excluding carboxylic acids is 1. The van der Waals surface area contributed by atoms with Gasteiger partial charge in [0.15, 0.2) is 11.5 Å². The molecule has 0 radical (unpaired) electrons. The van der Waals surface area contributed by atoms with Crippen LogP contribution in [-0.2, 0) is 0 Å². The van der Waals surface area contributed by atoms with E-state index in [-0.39, 0.29) is 22.5 Å². The first-order valence-corrected chi connectivity index (χ1v) is 8.42. The first kappa shape index (κ1) is 19.4. The van der Waals surface area contributed by atoms with Gasteiger partial charge in [0.1, 0.15) is 12.4 Å². The molecule has 1 amide bonds. The van der Waals surface area contributed by atoms with Crippen LogP contribution in [0.5, 0.6) is 5.75 Å². The van der Waals surface area contributed by atoms with Gasteiger partial charge in [-0.1, -0.05) is 29.9 Å². The van der Waals surface area contributed by atoms with Crippen molar-refractivity contribution >= 4 is 17.6 Å². The third-order valence-corrected chi connectivity index (χ3v) is 3.88. The largest absolute Gasteiger partial charge is 0.489 e. The molecule has 0 aliphatic heterocycles. The molecule has 1 aromatic heterocycles. The van der Waals surface area contributed by atoms with E-state index in [9.17, 15) is 14.7 Å². The quantitative estimate of drug-likeness (QED) is 0.590. The SMILES string of the molecule is C=CCOc1ccccc1-c1cc(C(=O)Nc2ccc(C#N)cc2C(=O)O)no1. The van der Waals surface area contributed by atoms with E-state index < -0.39 is 11.9 Å². The van der Waals surface area contributed by atoms with Crippen LogP contribution in [0.2, 0.25) is 0 Å². The molecule has 0 fully saturated rings. The molecule has 0 bridgehead atoms. The summed E-state index contributed by atoms with van der Waals surface area (Å²) in [6.45, 7) is 3.90. The average molecular weight is 389 g/mol. The number of ether oxygens (including phenoxy) is 1. The molecule has 3 aromatic rings. The van der Waals surface area contributed by atoms with Crippen LogP contribution in [0.1, 0.15) is 26.4 Å². The molecule has 0 saturated heterocycles. The standard InChI is InChI=1S/C21H15N3O5/c1-2-9-28-18-6-4-3-5-14(18)19-11-17(24-29-19)20(25)23-16-8-7-13(12-22)10-15(16)21(26)27/h2-8,10-11H,1,9H2,(H,23,25)(H,26,27). The van der Waals surface area contributed by atoms with E-state index in [1.807, 2.05) is 6.07 Å². The zero-order chi connectivity index (χ0) is 20.8. The maximum Gasteiger partial charge on any atom is 0.337 e. The summed E-state index contributed by atoms with van der Waals surface area (Å²) in [6.07, 6.45) is 1.60. The summed E-state index contributed by atoms with van der Waals surface area (Å²) in [5, 5.41) is 24.5. The summed E-state index contributed by atoms with van der Waals surface area (Å²) in [5.41, 5.74) is 0.565. The number of nitrogens with one attached hydrogen (secondary N) is 1. The average Bonchev–Trinajstić information content (AvgIpc) is 3.22. The fourth-order valence-corrected chi connectivity index (χ4v) is 2.54. The molecular weight excluding hydrogens is 374 g/mol. The van der Waals surface area contributed by atoms with Gasteiger partial charge in [-0.2, -0.15) is 5.26 Å². The topological polar surface area (TPSA) is 125 Å². The predicted octanol–water partition coefficient (Wildman–Crippen LogP) is 3.73. The van der Waals surface area contributed by atoms with Crippen LogP contribution in [0.4, 0.5) is 5.69 Å². The maximum absolute atomic E-state index is 12.5. The lowest BCUT2D eigenvalue weighted by Crippen LogP contribution is -2.15. The highest BCUT2D eigenvalue weighted by molar-refractivity contribution is 6.07. The van der Waals surface area contributed by atoms with Gasteiger partial charge in [-0.05, 0) is 30.3 Å². The molecule has 1 heterocycles. The fourth-order valence-electron chi connectivity index (χ4n) is 2.54. The molecule has 0 aliphatic rings. The highest BCUT2D eigenvalue weighted by Gasteiger charge is 2.19. The third kappa shape index (κ3) is 4.31. The van der Waals surface area contributed by atoms with Crippen molar-refractivity contribution in [3.05, 3.63) is 78.0 Å². The van der Waals surface area contributed by atoms with Crippen molar-refractivity contribution in [3.63, 3.8) is 0 Å². The minimum absolute atomic E-state index is 0.0424. The van der Waals surface area contributed by atoms with E-state index >= 15 is 0 Å². The van der Waals surface area contributed by atoms with Crippen LogP contribution in [-0.4, -0.2) is 28.7 Å². The molecule has 8 nitrogen and oxygen atoms in total. The number of benzene rings is 2. The van der Waals surface area contributed by atoms with Crippen LogP contribution in [0.15, 0.2) is 65.7 Å². The molecule has 144 valence electrons. The minimum atomic E-state index is -1.27. The van der Waals surface area contributed by atoms with E-state index in [0.717, 1.165) is 0 Å². The van der Waals surface area contributed by atoms with E-state index in [2.05, 4.69) is 17.1 Å². The molecule has 3 rings (SSSR count). The highest BCUT2D eigenvalue weighted by atomic mass is 16.5. The molecule has 0 unspecified atom stereocenters. The van der Waals surface area contributed by atoms with Crippen LogP contribution in [0.3, 0.4) is 0 Å². The minimum Gasteiger partial charge on any atom is -0.489 e. The molecule has 0 atom stereocenters. The molecule has 2 aromatic carbocycles. The summed E-state index contributed by atoms with van der Waals surface area (Å²) in [6, 6.07) is 14.3. The van der Waals surface area contributed by atoms with Gasteiger partial charge in [0.25, 0.3) is 5.91 Å². The molecule has 29 heavy (non-hydrogen) atoms. The van der Waals surface area contributed by atoms with Crippen LogP contribution >= 0.6 is 0 Å². The number of aromatic nitrogens is 1. The smallest absolute Gasteiger partial charge is 0.337 e. The summed E-state index contributed by atoms with van der Waals surface area (Å²) in [7, 11) is 0. The van der Waals surface area contributed by atoms with Crippen molar-refractivity contribution in [1.29, 1.82) is 5.26 Å². The number of nitriles is 1. The molecule has 8 heteroatoms. The van der Waals surface area contributed by atoms with Crippen LogP contribution in [0, 0.1) is 11.3 Å². The zero-order valence-electron chi connectivity index (χ0n) is 15.1. The number of aromatic carboxylic acids is 1. The van der Waals surface area contributed by atoms with Crippen molar-refractivity contribution in [2.24, 2.45) is 0 Å². The van der Waals surface area contributed by atoms with Gasteiger partial charge >= 0.3 is 5.97 Å². The second-order valence-electron chi connectivity index (χ2n) is 5.80. The van der Waals surface area contributed by atoms with Gasteiger partial charge in [0, 0.05) is 6.07 Å². The maximum atomic E-state index is 12.5. The van der Waals surface area contributed by atoms with Crippen LogP contribution < -0.4 is 10.1 Å². The van der Waals surface area contributed by atoms with E-state index in [4.69, 9.17) is 14.5 Å². The zero-order valence-corrected chi connectivity index (χ0v) is 15.1. The molecule has 0 aliphatic carbocycles. The monoisotopic (exact) mass is 389 g/mol. The number of nitrogens with zero attached hydrogens (tertiary/aromatic N) is 2. The number of anilines is 1. The summed E-state index contributed by atoms with van der Waals surface area (Å²) < 4.78 is 10.8. The number of hydrogen-bond acceptors (Lipinski definition) is 6. The lowest BCUT2D eigenvalue weighted by atomic mass is 10.1. The van der Waals surface area contributed by atoms with Crippen molar-refractivity contribution in [2.75, 3.05) is 11.9 Å². The number of carboxylic acid groups (broad SMARTS) is 1. The summed E-state index contributed by atoms with van der Waals surface area (Å²) >= 11 is 0. The first-order valence-electron chi connectivity index (χ1n) is 8.42. The third-order valence-electron chi connectivity index (χ3n) is 3.88. The number of hydrogen-bond donors (Lipinski definition) is 2. The van der Waals surface area contributed by atoms with Crippen molar-refractivity contribution in [3.8, 4) is 23.1 Å². The van der Waals surface area contributed by atoms with E-state index in [1.54, 1.807) is 30.3 Å². The fraction of sp³-hybridized carbons (Fsp3) is 0.0476. The second-order valence-corrected chi connectivity index (χ2v) is 5.80. The van der Waals surface area contributed by atoms with Gasteiger partial charge in [0.2, 0.25) is 0 Å². The summed E-state index contributed by atoms with van der Waals surface area (Å²) in [5.74, 6) is -1.08. The Labute approximate surface area is 165 Å². The molecule has 2 N–H and O–H groups in total. The number of para-hydroxylation sites is 1. The Morgan fingerprint density at radius 1 is 1.28 bits per heavy atom. The Hall–Kier alpha value is -4.38. The van der Waals surface area contributed by atoms with Crippen molar-refractivity contribution in [1.82, 2.24) is 5.16 Å². The second kappa shape index (κ2) is 8.54. The number of rotatable bonds is 7. The Kier molecular flexibility index (Phi) is 5.71. The Morgan fingerprint density at radius 3 is 2.79 bits per heavy atom. The van der Waals surface area contributed by atoms with Crippen LogP contribution in [0.25, 0.3) is 11.3 Å². The lowest BCUT2D eigenvalue weighted by molar-refractivity contribution is 0.0698. The lowest BCUT2D eigenvalue weighted by Gasteiger charge is -2.07. The Balaban J connectivity index is 1.85. The van der Waals surface area contributed by atoms with Crippen molar-refractivity contribution in [2.45, 2.75) is 0 Å². The first-order chi connectivity index (χ1) is 14.0. The van der Waals surface area contributed by atoms with Gasteiger partial charge in [0.05, 0.1) is 28.4 Å². The number of carbonyl (C=O) groups is 2. The predicted molar refractivity (Wildman–Crippen MR) is 104 cm³/mol. The number of carboxylic acids is 1. The normalized spacial score (nSPS) is 10.0. The Morgan fingerprint density at radius 2 is 2.07 bits per heavy atom.